The van der Waals surface area contributed by atoms with E-state index in [-0.39, 0.29) is 25.4 Å². The van der Waals surface area contributed by atoms with Gasteiger partial charge in [-0.2, -0.15) is 0 Å². The van der Waals surface area contributed by atoms with Gasteiger partial charge in [0.05, 0.1) is 20.1 Å². The monoisotopic (exact) mass is 333 g/mol. The second kappa shape index (κ2) is 8.87. The molecular weight excluding hydrogens is 317 g/mol. The molecule has 0 unspecified atom stereocenters. The lowest BCUT2D eigenvalue weighted by Gasteiger charge is -2.21. The third-order valence-corrected chi connectivity index (χ3v) is 3.56. The van der Waals surface area contributed by atoms with Crippen molar-refractivity contribution in [1.82, 2.24) is 4.90 Å². The number of amides is 1. The van der Waals surface area contributed by atoms with Gasteiger partial charge in [-0.25, -0.2) is 0 Å². The highest BCUT2D eigenvalue weighted by Gasteiger charge is 2.19. The van der Waals surface area contributed by atoms with Crippen molar-refractivity contribution in [3.8, 4) is 0 Å². The Labute approximate surface area is 133 Å². The van der Waals surface area contributed by atoms with Crippen molar-refractivity contribution in [1.29, 1.82) is 0 Å². The number of ether oxygens (including phenoxy) is 2. The molecule has 1 aromatic rings. The predicted octanol–water partition coefficient (Wildman–Crippen LogP) is 2.18. The van der Waals surface area contributed by atoms with Crippen molar-refractivity contribution in [2.45, 2.75) is 6.42 Å². The number of benzene rings is 1. The summed E-state index contributed by atoms with van der Waals surface area (Å²) in [6.07, 6.45) is 0.0131. The first kappa shape index (κ1) is 17.8. The van der Waals surface area contributed by atoms with Crippen molar-refractivity contribution in [2.24, 2.45) is 0 Å². The first-order chi connectivity index (χ1) is 9.99. The highest BCUT2D eigenvalue weighted by Crippen LogP contribution is 2.25. The lowest BCUT2D eigenvalue weighted by molar-refractivity contribution is -0.147. The van der Waals surface area contributed by atoms with Crippen LogP contribution in [0.2, 0.25) is 10.0 Å². The van der Waals surface area contributed by atoms with E-state index in [4.69, 9.17) is 27.9 Å². The Morgan fingerprint density at radius 3 is 2.33 bits per heavy atom. The highest BCUT2D eigenvalue weighted by atomic mass is 35.5. The number of hydrogen-bond donors (Lipinski definition) is 0. The van der Waals surface area contributed by atoms with Crippen molar-refractivity contribution < 1.29 is 19.1 Å². The standard InChI is InChI=1S/C14H17Cl2NO4/c1-20-7-6-17(9-14(19)21-2)13(18)8-10-11(15)4-3-5-12(10)16/h3-5H,6-9H2,1-2H3. The number of carbonyl (C=O) groups excluding carboxylic acids is 2. The van der Waals surface area contributed by atoms with E-state index in [1.54, 1.807) is 18.2 Å². The van der Waals surface area contributed by atoms with Gasteiger partial charge in [0.25, 0.3) is 0 Å². The summed E-state index contributed by atoms with van der Waals surface area (Å²) in [6, 6.07) is 5.03. The molecule has 21 heavy (non-hydrogen) atoms. The normalized spacial score (nSPS) is 10.3. The Hall–Kier alpha value is -1.30. The van der Waals surface area contributed by atoms with Crippen molar-refractivity contribution in [3.05, 3.63) is 33.8 Å². The molecule has 1 amide bonds. The van der Waals surface area contributed by atoms with Crippen LogP contribution in [0.5, 0.6) is 0 Å². The fourth-order valence-corrected chi connectivity index (χ4v) is 2.21. The van der Waals surface area contributed by atoms with Crippen LogP contribution in [0.25, 0.3) is 0 Å². The molecule has 116 valence electrons. The molecule has 0 N–H and O–H groups in total. The Morgan fingerprint density at radius 2 is 1.81 bits per heavy atom. The van der Waals surface area contributed by atoms with Gasteiger partial charge >= 0.3 is 5.97 Å². The molecule has 0 heterocycles. The van der Waals surface area contributed by atoms with Crippen LogP contribution >= 0.6 is 23.2 Å². The third-order valence-electron chi connectivity index (χ3n) is 2.86. The van der Waals surface area contributed by atoms with Gasteiger partial charge < -0.3 is 14.4 Å². The third kappa shape index (κ3) is 5.53. The molecule has 0 bridgehead atoms. The fraction of sp³-hybridized carbons (Fsp3) is 0.429. The molecule has 0 atom stereocenters. The zero-order chi connectivity index (χ0) is 15.8. The minimum Gasteiger partial charge on any atom is -0.468 e. The van der Waals surface area contributed by atoms with Crippen molar-refractivity contribution >= 4 is 35.1 Å². The maximum absolute atomic E-state index is 12.3. The summed E-state index contributed by atoms with van der Waals surface area (Å²) in [7, 11) is 2.79. The van der Waals surface area contributed by atoms with Crippen molar-refractivity contribution in [2.75, 3.05) is 33.9 Å². The lowest BCUT2D eigenvalue weighted by atomic mass is 10.1. The topological polar surface area (TPSA) is 55.8 Å². The molecule has 0 fully saturated rings. The Morgan fingerprint density at radius 1 is 1.19 bits per heavy atom. The fourth-order valence-electron chi connectivity index (χ4n) is 1.68. The van der Waals surface area contributed by atoms with E-state index in [1.807, 2.05) is 0 Å². The van der Waals surface area contributed by atoms with Gasteiger partial charge in [0, 0.05) is 23.7 Å². The molecule has 1 aromatic carbocycles. The minimum absolute atomic E-state index is 0.0131. The summed E-state index contributed by atoms with van der Waals surface area (Å²) in [5.74, 6) is -0.767. The van der Waals surface area contributed by atoms with Crippen LogP contribution < -0.4 is 0 Å². The Kier molecular flexibility index (Phi) is 7.50. The van der Waals surface area contributed by atoms with Gasteiger partial charge in [0.1, 0.15) is 6.54 Å². The molecular formula is C14H17Cl2NO4. The van der Waals surface area contributed by atoms with E-state index in [0.29, 0.717) is 22.2 Å². The van der Waals surface area contributed by atoms with Crippen LogP contribution in [0.15, 0.2) is 18.2 Å². The molecule has 0 aliphatic carbocycles. The van der Waals surface area contributed by atoms with E-state index in [0.717, 1.165) is 0 Å². The van der Waals surface area contributed by atoms with Crippen LogP contribution in [0, 0.1) is 0 Å². The molecule has 7 heteroatoms. The maximum Gasteiger partial charge on any atom is 0.325 e. The van der Waals surface area contributed by atoms with Crippen LogP contribution in [0.1, 0.15) is 5.56 Å². The quantitative estimate of drug-likeness (QED) is 0.717. The minimum atomic E-state index is -0.496. The molecule has 0 saturated carbocycles. The van der Waals surface area contributed by atoms with Gasteiger partial charge in [0.2, 0.25) is 5.91 Å². The second-order valence-electron chi connectivity index (χ2n) is 4.26. The van der Waals surface area contributed by atoms with Gasteiger partial charge in [0.15, 0.2) is 0 Å². The number of hydrogen-bond acceptors (Lipinski definition) is 4. The number of esters is 1. The number of carbonyl (C=O) groups is 2. The Balaban J connectivity index is 2.82. The van der Waals surface area contributed by atoms with Gasteiger partial charge in [-0.1, -0.05) is 29.3 Å². The first-order valence-electron chi connectivity index (χ1n) is 6.26. The number of nitrogens with zero attached hydrogens (tertiary/aromatic N) is 1. The largest absolute Gasteiger partial charge is 0.468 e. The first-order valence-corrected chi connectivity index (χ1v) is 7.01. The molecule has 1 rings (SSSR count). The highest BCUT2D eigenvalue weighted by molar-refractivity contribution is 6.36. The molecule has 0 aromatic heterocycles. The van der Waals surface area contributed by atoms with E-state index in [2.05, 4.69) is 4.74 Å². The smallest absolute Gasteiger partial charge is 0.325 e. The average Bonchev–Trinajstić information content (AvgIpc) is 2.46. The maximum atomic E-state index is 12.3. The average molecular weight is 334 g/mol. The number of rotatable bonds is 7. The SMILES string of the molecule is COCCN(CC(=O)OC)C(=O)Cc1c(Cl)cccc1Cl. The van der Waals surface area contributed by atoms with Gasteiger partial charge in [-0.05, 0) is 17.7 Å². The van der Waals surface area contributed by atoms with Crippen LogP contribution in [0.4, 0.5) is 0 Å². The van der Waals surface area contributed by atoms with E-state index in [1.165, 1.54) is 19.1 Å². The zero-order valence-electron chi connectivity index (χ0n) is 11.9. The van der Waals surface area contributed by atoms with Crippen LogP contribution in [-0.4, -0.2) is 50.7 Å². The Bertz CT molecular complexity index is 487. The summed E-state index contributed by atoms with van der Waals surface area (Å²) in [4.78, 5) is 25.0. The number of halogens is 2. The van der Waals surface area contributed by atoms with E-state index >= 15 is 0 Å². The van der Waals surface area contributed by atoms with Crippen LogP contribution in [-0.2, 0) is 25.5 Å². The van der Waals surface area contributed by atoms with Crippen LogP contribution in [0.3, 0.4) is 0 Å². The summed E-state index contributed by atoms with van der Waals surface area (Å²) in [5, 5.41) is 0.834. The predicted molar refractivity (Wildman–Crippen MR) is 80.6 cm³/mol. The molecule has 0 spiro atoms. The van der Waals surface area contributed by atoms with Crippen molar-refractivity contribution in [3.63, 3.8) is 0 Å². The summed E-state index contributed by atoms with van der Waals surface area (Å²) in [6.45, 7) is 0.465. The summed E-state index contributed by atoms with van der Waals surface area (Å²) in [5.41, 5.74) is 0.540. The molecule has 0 aliphatic rings. The molecule has 0 radical (unpaired) electrons. The lowest BCUT2D eigenvalue weighted by Crippen LogP contribution is -2.39. The second-order valence-corrected chi connectivity index (χ2v) is 5.08. The molecule has 0 saturated heterocycles. The summed E-state index contributed by atoms with van der Waals surface area (Å²) >= 11 is 12.1. The molecule has 0 aliphatic heterocycles. The van der Waals surface area contributed by atoms with E-state index < -0.39 is 5.97 Å². The van der Waals surface area contributed by atoms with Gasteiger partial charge in [-0.3, -0.25) is 9.59 Å². The summed E-state index contributed by atoms with van der Waals surface area (Å²) < 4.78 is 9.52. The molecule has 5 nitrogen and oxygen atoms in total. The van der Waals surface area contributed by atoms with E-state index in [9.17, 15) is 9.59 Å². The zero-order valence-corrected chi connectivity index (χ0v) is 13.4. The number of methoxy groups -OCH3 is 2. The van der Waals surface area contributed by atoms with Gasteiger partial charge in [-0.15, -0.1) is 0 Å².